The van der Waals surface area contributed by atoms with Crippen LogP contribution in [0.5, 0.6) is 0 Å². The van der Waals surface area contributed by atoms with Crippen LogP contribution in [0.4, 0.5) is 15.8 Å². The van der Waals surface area contributed by atoms with Crippen molar-refractivity contribution in [2.75, 3.05) is 11.2 Å². The molecule has 7 heteroatoms. The van der Waals surface area contributed by atoms with E-state index in [1.54, 1.807) is 0 Å². The zero-order chi connectivity index (χ0) is 13.5. The van der Waals surface area contributed by atoms with Gasteiger partial charge in [0.1, 0.15) is 0 Å². The summed E-state index contributed by atoms with van der Waals surface area (Å²) in [6.07, 6.45) is 1.63. The van der Waals surface area contributed by atoms with Gasteiger partial charge in [-0.25, -0.2) is 0 Å². The number of alkyl halides is 1. The monoisotopic (exact) mass is 274 g/mol. The Morgan fingerprint density at radius 1 is 1.44 bits per heavy atom. The molecule has 0 aromatic heterocycles. The zero-order valence-corrected chi connectivity index (χ0v) is 10.2. The Balaban J connectivity index is 2.65. The van der Waals surface area contributed by atoms with Crippen molar-refractivity contribution in [1.82, 2.24) is 0 Å². The number of amides is 1. The number of hydrogen-bond acceptors (Lipinski definition) is 3. The van der Waals surface area contributed by atoms with Crippen molar-refractivity contribution in [2.45, 2.75) is 19.3 Å². The van der Waals surface area contributed by atoms with Crippen molar-refractivity contribution >= 4 is 28.9 Å². The quantitative estimate of drug-likeness (QED) is 0.375. The van der Waals surface area contributed by atoms with E-state index in [9.17, 15) is 19.3 Å². The van der Waals surface area contributed by atoms with Crippen LogP contribution in [0.25, 0.3) is 0 Å². The van der Waals surface area contributed by atoms with Gasteiger partial charge in [0.25, 0.3) is 0 Å². The zero-order valence-electron chi connectivity index (χ0n) is 9.49. The van der Waals surface area contributed by atoms with E-state index in [1.165, 1.54) is 6.07 Å². The molecule has 1 N–H and O–H groups in total. The topological polar surface area (TPSA) is 72.2 Å². The highest BCUT2D eigenvalue weighted by atomic mass is 35.5. The van der Waals surface area contributed by atoms with E-state index in [4.69, 9.17) is 11.6 Å². The minimum Gasteiger partial charge on any atom is -0.326 e. The third kappa shape index (κ3) is 4.29. The van der Waals surface area contributed by atoms with Crippen LogP contribution in [0.3, 0.4) is 0 Å². The molecule has 0 atom stereocenters. The van der Waals surface area contributed by atoms with E-state index >= 15 is 0 Å². The molecule has 0 fully saturated rings. The Labute approximate surface area is 108 Å². The maximum atomic E-state index is 13.0. The fraction of sp³-hybridized carbons (Fsp3) is 0.364. The largest absolute Gasteiger partial charge is 0.326 e. The third-order valence-corrected chi connectivity index (χ3v) is 2.48. The number of nitro groups is 1. The maximum Gasteiger partial charge on any atom is 0.306 e. The molecule has 1 rings (SSSR count). The standard InChI is InChI=1S/C11H12ClFN2O3/c12-6-2-1-3-11(16)14-8-4-5-9(13)10(7-8)15(17)18/h4-5,7H,1-3,6H2,(H,14,16). The average molecular weight is 275 g/mol. The minimum atomic E-state index is -0.930. The number of carbonyl (C=O) groups excluding carboxylic acids is 1. The van der Waals surface area contributed by atoms with Gasteiger partial charge in [-0.05, 0) is 25.0 Å². The Bertz CT molecular complexity index is 454. The molecular formula is C11H12ClFN2O3. The molecule has 1 aromatic rings. The first-order valence-corrected chi connectivity index (χ1v) is 5.88. The molecule has 0 saturated heterocycles. The van der Waals surface area contributed by atoms with Gasteiger partial charge in [-0.3, -0.25) is 14.9 Å². The average Bonchev–Trinajstić information content (AvgIpc) is 2.31. The number of unbranched alkanes of at least 4 members (excludes halogenated alkanes) is 1. The van der Waals surface area contributed by atoms with Crippen molar-refractivity contribution in [3.63, 3.8) is 0 Å². The first-order valence-electron chi connectivity index (χ1n) is 5.34. The van der Waals surface area contributed by atoms with E-state index < -0.39 is 16.4 Å². The van der Waals surface area contributed by atoms with Gasteiger partial charge in [0, 0.05) is 24.1 Å². The van der Waals surface area contributed by atoms with Crippen LogP contribution in [-0.2, 0) is 4.79 Å². The fourth-order valence-electron chi connectivity index (χ4n) is 1.33. The number of halogens is 2. The second kappa shape index (κ2) is 6.90. The van der Waals surface area contributed by atoms with E-state index in [-0.39, 0.29) is 18.0 Å². The number of carbonyl (C=O) groups is 1. The molecule has 98 valence electrons. The van der Waals surface area contributed by atoms with Crippen molar-refractivity contribution in [2.24, 2.45) is 0 Å². The molecule has 0 aliphatic heterocycles. The first kappa shape index (κ1) is 14.4. The molecule has 0 radical (unpaired) electrons. The van der Waals surface area contributed by atoms with Crippen LogP contribution in [0.15, 0.2) is 18.2 Å². The SMILES string of the molecule is O=C(CCCCCl)Nc1ccc(F)c([N+](=O)[O-])c1. The Kier molecular flexibility index (Phi) is 5.51. The van der Waals surface area contributed by atoms with Crippen LogP contribution in [-0.4, -0.2) is 16.7 Å². The lowest BCUT2D eigenvalue weighted by molar-refractivity contribution is -0.387. The molecular weight excluding hydrogens is 263 g/mol. The highest BCUT2D eigenvalue weighted by Crippen LogP contribution is 2.21. The first-order chi connectivity index (χ1) is 8.54. The summed E-state index contributed by atoms with van der Waals surface area (Å²) >= 11 is 5.47. The lowest BCUT2D eigenvalue weighted by Crippen LogP contribution is -2.11. The van der Waals surface area contributed by atoms with E-state index in [0.29, 0.717) is 12.3 Å². The maximum absolute atomic E-state index is 13.0. The highest BCUT2D eigenvalue weighted by molar-refractivity contribution is 6.17. The summed E-state index contributed by atoms with van der Waals surface area (Å²) in [4.78, 5) is 21.1. The van der Waals surface area contributed by atoms with Gasteiger partial charge in [-0.1, -0.05) is 0 Å². The number of benzene rings is 1. The van der Waals surface area contributed by atoms with Crippen molar-refractivity contribution in [3.05, 3.63) is 34.1 Å². The summed E-state index contributed by atoms with van der Waals surface area (Å²) in [6.45, 7) is 0. The van der Waals surface area contributed by atoms with E-state index in [1.807, 2.05) is 0 Å². The van der Waals surface area contributed by atoms with Crippen molar-refractivity contribution in [3.8, 4) is 0 Å². The lowest BCUT2D eigenvalue weighted by Gasteiger charge is -2.04. The Morgan fingerprint density at radius 2 is 2.17 bits per heavy atom. The fourth-order valence-corrected chi connectivity index (χ4v) is 1.52. The predicted octanol–water partition coefficient (Wildman–Crippen LogP) is 3.08. The number of nitrogens with zero attached hydrogens (tertiary/aromatic N) is 1. The van der Waals surface area contributed by atoms with Gasteiger partial charge in [0.05, 0.1) is 4.92 Å². The second-order valence-electron chi connectivity index (χ2n) is 3.62. The second-order valence-corrected chi connectivity index (χ2v) is 4.00. The molecule has 1 amide bonds. The predicted molar refractivity (Wildman–Crippen MR) is 66.3 cm³/mol. The minimum absolute atomic E-state index is 0.207. The van der Waals surface area contributed by atoms with Gasteiger partial charge >= 0.3 is 5.69 Å². The number of hydrogen-bond donors (Lipinski definition) is 1. The molecule has 0 saturated carbocycles. The molecule has 18 heavy (non-hydrogen) atoms. The van der Waals surface area contributed by atoms with Gasteiger partial charge in [0.15, 0.2) is 0 Å². The summed E-state index contributed by atoms with van der Waals surface area (Å²) in [5.74, 6) is -0.726. The summed E-state index contributed by atoms with van der Waals surface area (Å²) in [7, 11) is 0. The Hall–Kier alpha value is -1.69. The number of nitro benzene ring substituents is 1. The number of rotatable bonds is 6. The van der Waals surface area contributed by atoms with Crippen LogP contribution in [0, 0.1) is 15.9 Å². The lowest BCUT2D eigenvalue weighted by atomic mass is 10.2. The molecule has 5 nitrogen and oxygen atoms in total. The van der Waals surface area contributed by atoms with E-state index in [2.05, 4.69) is 5.32 Å². The van der Waals surface area contributed by atoms with Gasteiger partial charge in [-0.2, -0.15) is 4.39 Å². The highest BCUT2D eigenvalue weighted by Gasteiger charge is 2.15. The summed E-state index contributed by atoms with van der Waals surface area (Å²) in [5, 5.41) is 13.0. The van der Waals surface area contributed by atoms with Crippen LogP contribution < -0.4 is 5.32 Å². The van der Waals surface area contributed by atoms with Crippen molar-refractivity contribution < 1.29 is 14.1 Å². The van der Waals surface area contributed by atoms with Gasteiger partial charge < -0.3 is 5.32 Å². The van der Waals surface area contributed by atoms with Gasteiger partial charge in [-0.15, -0.1) is 11.6 Å². The summed E-state index contributed by atoms with van der Waals surface area (Å²) < 4.78 is 13.0. The molecule has 0 aliphatic rings. The molecule has 0 spiro atoms. The third-order valence-electron chi connectivity index (χ3n) is 2.21. The van der Waals surface area contributed by atoms with Crippen molar-refractivity contribution in [1.29, 1.82) is 0 Å². The normalized spacial score (nSPS) is 10.1. The molecule has 1 aromatic carbocycles. The van der Waals surface area contributed by atoms with Crippen LogP contribution in [0.2, 0.25) is 0 Å². The number of nitrogens with one attached hydrogen (secondary N) is 1. The summed E-state index contributed by atoms with van der Waals surface area (Å²) in [6, 6.07) is 3.23. The van der Waals surface area contributed by atoms with E-state index in [0.717, 1.165) is 18.6 Å². The molecule has 0 aliphatic carbocycles. The molecule has 0 bridgehead atoms. The number of anilines is 1. The summed E-state index contributed by atoms with van der Waals surface area (Å²) in [5.41, 5.74) is -0.451. The van der Waals surface area contributed by atoms with Crippen LogP contribution in [0.1, 0.15) is 19.3 Å². The van der Waals surface area contributed by atoms with Gasteiger partial charge in [0.2, 0.25) is 11.7 Å². The van der Waals surface area contributed by atoms with Crippen LogP contribution >= 0.6 is 11.6 Å². The molecule has 0 heterocycles. The smallest absolute Gasteiger partial charge is 0.306 e. The Morgan fingerprint density at radius 3 is 2.78 bits per heavy atom. The molecule has 0 unspecified atom stereocenters.